The van der Waals surface area contributed by atoms with Crippen molar-refractivity contribution in [2.45, 2.75) is 35.5 Å². The first-order chi connectivity index (χ1) is 17.5. The molecule has 0 atom stereocenters. The van der Waals surface area contributed by atoms with Gasteiger partial charge >= 0.3 is 17.1 Å². The summed E-state index contributed by atoms with van der Waals surface area (Å²) in [6.45, 7) is 5.46. The second kappa shape index (κ2) is 16.3. The van der Waals surface area contributed by atoms with E-state index in [4.69, 9.17) is 0 Å². The summed E-state index contributed by atoms with van der Waals surface area (Å²) in [4.78, 5) is 5.88. The van der Waals surface area contributed by atoms with Crippen LogP contribution in [-0.4, -0.2) is 48.9 Å². The predicted octanol–water partition coefficient (Wildman–Crippen LogP) is 3.10. The number of nitrogens with zero attached hydrogens (tertiary/aromatic N) is 1. The normalized spacial score (nSPS) is 10.7. The number of benzene rings is 3. The van der Waals surface area contributed by atoms with Gasteiger partial charge < -0.3 is 18.6 Å². The minimum atomic E-state index is -4.27. The molecule has 1 aromatic heterocycles. The van der Waals surface area contributed by atoms with Crippen LogP contribution in [0.25, 0.3) is 0 Å². The van der Waals surface area contributed by atoms with E-state index in [0.717, 1.165) is 16.7 Å². The number of aromatic amines is 1. The van der Waals surface area contributed by atoms with Crippen molar-refractivity contribution in [3.63, 3.8) is 0 Å². The smallest absolute Gasteiger partial charge is 0.744 e. The Bertz CT molecular complexity index is 1380. The van der Waals surface area contributed by atoms with Crippen LogP contribution in [0.15, 0.2) is 106 Å². The van der Waals surface area contributed by atoms with Crippen LogP contribution < -0.4 is 0 Å². The van der Waals surface area contributed by atoms with E-state index in [2.05, 4.69) is 9.97 Å². The van der Waals surface area contributed by atoms with Gasteiger partial charge in [0, 0.05) is 12.4 Å². The topological polar surface area (TPSA) is 200 Å². The Morgan fingerprint density at radius 3 is 0.923 bits per heavy atom. The van der Waals surface area contributed by atoms with Gasteiger partial charge in [0.15, 0.2) is 0 Å². The molecular formula is C24H25FeN2O9S3. The zero-order chi connectivity index (χ0) is 29.0. The van der Waals surface area contributed by atoms with E-state index in [1.807, 2.05) is 20.8 Å². The van der Waals surface area contributed by atoms with Gasteiger partial charge in [-0.3, -0.25) is 0 Å². The summed E-state index contributed by atoms with van der Waals surface area (Å²) in [5, 5.41) is 0. The van der Waals surface area contributed by atoms with Gasteiger partial charge in [-0.05, 0) is 57.2 Å². The fraction of sp³-hybridized carbons (Fsp3) is 0.125. The summed E-state index contributed by atoms with van der Waals surface area (Å²) in [6, 6.07) is 17.3. The largest absolute Gasteiger partial charge is 3.00 e. The number of imidazole rings is 1. The maximum atomic E-state index is 10.4. The molecule has 1 N–H and O–H groups in total. The summed E-state index contributed by atoms with van der Waals surface area (Å²) in [6.07, 6.45) is 5.08. The van der Waals surface area contributed by atoms with Crippen molar-refractivity contribution in [3.8, 4) is 0 Å². The second-order valence-electron chi connectivity index (χ2n) is 7.56. The van der Waals surface area contributed by atoms with Crippen molar-refractivity contribution in [3.05, 3.63) is 108 Å². The van der Waals surface area contributed by atoms with E-state index >= 15 is 0 Å². The van der Waals surface area contributed by atoms with E-state index in [9.17, 15) is 38.9 Å². The molecular weight excluding hydrogens is 612 g/mol. The standard InChI is InChI=1S/3C7H8O3S.C3H4N2.Fe/c3*1-6-2-4-7(5-3-6)11(8,9)10;1-2-5-3-4-1;/h3*2-5H,1H3,(H,8,9,10);1-3H,(H,4,5);/q;;;;+3/p-3. The van der Waals surface area contributed by atoms with Gasteiger partial charge in [0.05, 0.1) is 21.0 Å². The first-order valence-corrected chi connectivity index (χ1v) is 14.7. The van der Waals surface area contributed by atoms with Crippen molar-refractivity contribution in [1.82, 2.24) is 9.97 Å². The molecule has 0 saturated heterocycles. The average molecular weight is 638 g/mol. The second-order valence-corrected chi connectivity index (χ2v) is 11.7. The monoisotopic (exact) mass is 637 g/mol. The minimum absolute atomic E-state index is 0. The number of H-pyrrole nitrogens is 1. The SMILES string of the molecule is Cc1ccc(S(=O)(=O)[O-])cc1.Cc1ccc(S(=O)(=O)[O-])cc1.Cc1ccc(S(=O)(=O)[O-])cc1.[Fe+3].c1c[nH]cn1. The van der Waals surface area contributed by atoms with Crippen LogP contribution in [-0.2, 0) is 47.4 Å². The molecule has 0 spiro atoms. The van der Waals surface area contributed by atoms with Crippen molar-refractivity contribution in [2.24, 2.45) is 0 Å². The first-order valence-electron chi connectivity index (χ1n) is 10.5. The maximum absolute atomic E-state index is 10.4. The maximum Gasteiger partial charge on any atom is 3.00 e. The van der Waals surface area contributed by atoms with Gasteiger partial charge in [-0.25, -0.2) is 30.2 Å². The Kier molecular flexibility index (Phi) is 15.1. The number of aromatic nitrogens is 2. The fourth-order valence-corrected chi connectivity index (χ4v) is 3.74. The molecule has 1 heterocycles. The molecule has 1 radical (unpaired) electrons. The van der Waals surface area contributed by atoms with Crippen molar-refractivity contribution in [2.75, 3.05) is 0 Å². The quantitative estimate of drug-likeness (QED) is 0.257. The average Bonchev–Trinajstić information content (AvgIpc) is 3.39. The molecule has 211 valence electrons. The molecule has 0 aliphatic heterocycles. The van der Waals surface area contributed by atoms with Gasteiger partial charge in [0.1, 0.15) is 30.4 Å². The molecule has 3 aromatic carbocycles. The Morgan fingerprint density at radius 2 is 0.795 bits per heavy atom. The van der Waals surface area contributed by atoms with E-state index in [-0.39, 0.29) is 31.8 Å². The van der Waals surface area contributed by atoms with E-state index in [1.54, 1.807) is 55.1 Å². The molecule has 0 aliphatic rings. The van der Waals surface area contributed by atoms with Crippen LogP contribution in [0.2, 0.25) is 0 Å². The summed E-state index contributed by atoms with van der Waals surface area (Å²) in [7, 11) is -12.8. The molecule has 11 nitrogen and oxygen atoms in total. The summed E-state index contributed by atoms with van der Waals surface area (Å²) in [5.74, 6) is 0. The van der Waals surface area contributed by atoms with Crippen LogP contribution in [0.4, 0.5) is 0 Å². The third kappa shape index (κ3) is 15.3. The Hall–Kier alpha value is -2.88. The summed E-state index contributed by atoms with van der Waals surface area (Å²) in [5.41, 5.74) is 2.78. The molecule has 4 rings (SSSR count). The zero-order valence-electron chi connectivity index (χ0n) is 20.9. The fourth-order valence-electron chi connectivity index (χ4n) is 2.33. The number of aryl methyl sites for hydroxylation is 3. The molecule has 0 amide bonds. The van der Waals surface area contributed by atoms with E-state index in [0.29, 0.717) is 0 Å². The van der Waals surface area contributed by atoms with Crippen molar-refractivity contribution in [1.29, 1.82) is 0 Å². The molecule has 0 fully saturated rings. The van der Waals surface area contributed by atoms with Gasteiger partial charge in [0.25, 0.3) is 0 Å². The Labute approximate surface area is 239 Å². The van der Waals surface area contributed by atoms with Crippen LogP contribution in [0.3, 0.4) is 0 Å². The number of rotatable bonds is 3. The number of hydrogen-bond acceptors (Lipinski definition) is 10. The molecule has 0 aliphatic carbocycles. The van der Waals surface area contributed by atoms with Gasteiger partial charge in [-0.1, -0.05) is 53.1 Å². The summed E-state index contributed by atoms with van der Waals surface area (Å²) < 4.78 is 93.5. The van der Waals surface area contributed by atoms with Gasteiger partial charge in [0.2, 0.25) is 0 Å². The molecule has 4 aromatic rings. The number of nitrogens with one attached hydrogen (secondary N) is 1. The van der Waals surface area contributed by atoms with E-state index in [1.165, 1.54) is 36.4 Å². The van der Waals surface area contributed by atoms with Crippen LogP contribution in [0.5, 0.6) is 0 Å². The van der Waals surface area contributed by atoms with Crippen molar-refractivity contribution < 1.29 is 56.0 Å². The molecule has 0 unspecified atom stereocenters. The Balaban J connectivity index is 0.000000504. The van der Waals surface area contributed by atoms with Crippen molar-refractivity contribution >= 4 is 30.4 Å². The zero-order valence-corrected chi connectivity index (χ0v) is 24.4. The van der Waals surface area contributed by atoms with Crippen LogP contribution >= 0.6 is 0 Å². The van der Waals surface area contributed by atoms with Gasteiger partial charge in [-0.15, -0.1) is 0 Å². The Morgan fingerprint density at radius 1 is 0.538 bits per heavy atom. The van der Waals surface area contributed by atoms with Gasteiger partial charge in [-0.2, -0.15) is 0 Å². The van der Waals surface area contributed by atoms with Crippen LogP contribution in [0, 0.1) is 20.8 Å². The molecule has 0 saturated carbocycles. The molecule has 0 bridgehead atoms. The third-order valence-corrected chi connectivity index (χ3v) is 6.88. The third-order valence-electron chi connectivity index (χ3n) is 4.33. The molecule has 39 heavy (non-hydrogen) atoms. The first kappa shape index (κ1) is 36.1. The number of hydrogen-bond donors (Lipinski definition) is 1. The predicted molar refractivity (Wildman–Crippen MR) is 136 cm³/mol. The molecule has 15 heteroatoms. The minimum Gasteiger partial charge on any atom is -0.744 e. The van der Waals surface area contributed by atoms with Crippen LogP contribution in [0.1, 0.15) is 16.7 Å². The van der Waals surface area contributed by atoms with E-state index < -0.39 is 30.4 Å². The summed E-state index contributed by atoms with van der Waals surface area (Å²) >= 11 is 0.